The van der Waals surface area contributed by atoms with Crippen molar-refractivity contribution in [3.05, 3.63) is 28.7 Å². The monoisotopic (exact) mass is 301 g/mol. The Morgan fingerprint density at radius 3 is 2.81 bits per heavy atom. The van der Waals surface area contributed by atoms with Crippen LogP contribution in [0, 0.1) is 5.92 Å². The van der Waals surface area contributed by atoms with Crippen molar-refractivity contribution < 1.29 is 4.21 Å². The van der Waals surface area contributed by atoms with Gasteiger partial charge in [0.15, 0.2) is 0 Å². The first kappa shape index (κ1) is 12.3. The lowest BCUT2D eigenvalue weighted by Crippen LogP contribution is -2.26. The van der Waals surface area contributed by atoms with Crippen LogP contribution in [0.2, 0.25) is 0 Å². The van der Waals surface area contributed by atoms with Gasteiger partial charge in [-0.05, 0) is 53.4 Å². The Kier molecular flexibility index (Phi) is 4.16. The molecule has 0 radical (unpaired) electrons. The molecule has 2 rings (SSSR count). The molecule has 1 aromatic carbocycles. The van der Waals surface area contributed by atoms with Crippen molar-refractivity contribution in [3.8, 4) is 0 Å². The summed E-state index contributed by atoms with van der Waals surface area (Å²) in [7, 11) is -0.927. The maximum atomic E-state index is 12.5. The van der Waals surface area contributed by atoms with E-state index in [1.165, 1.54) is 0 Å². The molecule has 0 saturated heterocycles. The largest absolute Gasteiger partial charge is 0.330 e. The highest BCUT2D eigenvalue weighted by Crippen LogP contribution is 2.33. The highest BCUT2D eigenvalue weighted by molar-refractivity contribution is 9.10. The van der Waals surface area contributed by atoms with Gasteiger partial charge in [-0.2, -0.15) is 0 Å². The fraction of sp³-hybridized carbons (Fsp3) is 0.500. The van der Waals surface area contributed by atoms with Crippen molar-refractivity contribution >= 4 is 26.7 Å². The third-order valence-corrected chi connectivity index (χ3v) is 6.13. The zero-order valence-electron chi connectivity index (χ0n) is 9.06. The quantitative estimate of drug-likeness (QED) is 0.933. The van der Waals surface area contributed by atoms with Gasteiger partial charge in [-0.1, -0.05) is 18.6 Å². The van der Waals surface area contributed by atoms with Crippen LogP contribution in [-0.4, -0.2) is 16.0 Å². The number of hydrogen-bond donors (Lipinski definition) is 1. The lowest BCUT2D eigenvalue weighted by atomic mass is 10.1. The van der Waals surface area contributed by atoms with Crippen molar-refractivity contribution in [2.75, 3.05) is 6.54 Å². The molecule has 0 spiro atoms. The smallest absolute Gasteiger partial charge is 0.0575 e. The average molecular weight is 302 g/mol. The van der Waals surface area contributed by atoms with Gasteiger partial charge in [0.25, 0.3) is 0 Å². The Labute approximate surface area is 107 Å². The van der Waals surface area contributed by atoms with Crippen LogP contribution < -0.4 is 5.73 Å². The first-order chi connectivity index (χ1) is 7.74. The first-order valence-electron chi connectivity index (χ1n) is 5.59. The van der Waals surface area contributed by atoms with Gasteiger partial charge in [0.05, 0.1) is 15.7 Å². The lowest BCUT2D eigenvalue weighted by Gasteiger charge is -2.17. The van der Waals surface area contributed by atoms with Crippen molar-refractivity contribution in [3.63, 3.8) is 0 Å². The zero-order chi connectivity index (χ0) is 11.5. The Morgan fingerprint density at radius 2 is 2.12 bits per heavy atom. The SMILES string of the molecule is NCC1CCCC1S(=O)c1ccccc1Br. The summed E-state index contributed by atoms with van der Waals surface area (Å²) in [4.78, 5) is 0.910. The van der Waals surface area contributed by atoms with Crippen molar-refractivity contribution in [1.82, 2.24) is 0 Å². The van der Waals surface area contributed by atoms with Gasteiger partial charge in [0.2, 0.25) is 0 Å². The molecule has 4 heteroatoms. The molecule has 0 aromatic heterocycles. The maximum absolute atomic E-state index is 12.5. The second-order valence-corrected chi connectivity index (χ2v) is 6.69. The van der Waals surface area contributed by atoms with Crippen molar-refractivity contribution in [2.45, 2.75) is 29.4 Å². The molecular formula is C12H16BrNOS. The topological polar surface area (TPSA) is 43.1 Å². The minimum Gasteiger partial charge on any atom is -0.330 e. The van der Waals surface area contributed by atoms with Gasteiger partial charge in [0, 0.05) is 9.72 Å². The van der Waals surface area contributed by atoms with E-state index >= 15 is 0 Å². The molecule has 16 heavy (non-hydrogen) atoms. The predicted molar refractivity (Wildman–Crippen MR) is 70.7 cm³/mol. The van der Waals surface area contributed by atoms with Crippen LogP contribution in [0.1, 0.15) is 19.3 Å². The molecule has 0 bridgehead atoms. The number of hydrogen-bond acceptors (Lipinski definition) is 2. The van der Waals surface area contributed by atoms with Gasteiger partial charge in [-0.25, -0.2) is 0 Å². The molecule has 3 unspecified atom stereocenters. The van der Waals surface area contributed by atoms with Crippen LogP contribution in [0.25, 0.3) is 0 Å². The molecule has 3 atom stereocenters. The van der Waals surface area contributed by atoms with E-state index in [0.717, 1.165) is 28.6 Å². The second-order valence-electron chi connectivity index (χ2n) is 4.19. The Hall–Kier alpha value is -0.190. The molecule has 1 fully saturated rings. The van der Waals surface area contributed by atoms with Gasteiger partial charge in [0.1, 0.15) is 0 Å². The van der Waals surface area contributed by atoms with E-state index in [0.29, 0.717) is 12.5 Å². The predicted octanol–water partition coefficient (Wildman–Crippen LogP) is 2.68. The van der Waals surface area contributed by atoms with Crippen molar-refractivity contribution in [1.29, 1.82) is 0 Å². The third kappa shape index (κ3) is 2.39. The van der Waals surface area contributed by atoms with E-state index in [4.69, 9.17) is 5.73 Å². The summed E-state index contributed by atoms with van der Waals surface area (Å²) in [6.07, 6.45) is 3.32. The van der Waals surface area contributed by atoms with Gasteiger partial charge >= 0.3 is 0 Å². The van der Waals surface area contributed by atoms with Gasteiger partial charge < -0.3 is 5.73 Å². The van der Waals surface area contributed by atoms with Gasteiger partial charge in [-0.15, -0.1) is 0 Å². The van der Waals surface area contributed by atoms with Crippen molar-refractivity contribution in [2.24, 2.45) is 11.7 Å². The molecular weight excluding hydrogens is 286 g/mol. The normalized spacial score (nSPS) is 26.9. The number of halogens is 1. The van der Waals surface area contributed by atoms with Crippen LogP contribution in [0.4, 0.5) is 0 Å². The molecule has 2 N–H and O–H groups in total. The highest BCUT2D eigenvalue weighted by atomic mass is 79.9. The molecule has 1 aromatic rings. The Morgan fingerprint density at radius 1 is 1.38 bits per heavy atom. The van der Waals surface area contributed by atoms with E-state index in [1.54, 1.807) is 0 Å². The molecule has 0 aliphatic heterocycles. The third-order valence-electron chi connectivity index (χ3n) is 3.22. The molecule has 1 aliphatic rings. The highest BCUT2D eigenvalue weighted by Gasteiger charge is 2.32. The summed E-state index contributed by atoms with van der Waals surface area (Å²) in [5.41, 5.74) is 5.73. The Bertz CT molecular complexity index is 396. The minimum absolute atomic E-state index is 0.240. The second kappa shape index (κ2) is 5.43. The van der Waals surface area contributed by atoms with E-state index in [2.05, 4.69) is 15.9 Å². The van der Waals surface area contributed by atoms with Crippen LogP contribution in [0.15, 0.2) is 33.6 Å². The first-order valence-corrected chi connectivity index (χ1v) is 7.60. The fourth-order valence-electron chi connectivity index (χ4n) is 2.33. The molecule has 88 valence electrons. The standard InChI is InChI=1S/C12H16BrNOS/c13-10-5-1-2-6-12(10)16(15)11-7-3-4-9(11)8-14/h1-2,5-6,9,11H,3-4,7-8,14H2. The molecule has 0 amide bonds. The summed E-state index contributed by atoms with van der Waals surface area (Å²) >= 11 is 3.46. The number of rotatable bonds is 3. The lowest BCUT2D eigenvalue weighted by molar-refractivity contribution is 0.557. The van der Waals surface area contributed by atoms with E-state index in [9.17, 15) is 4.21 Å². The summed E-state index contributed by atoms with van der Waals surface area (Å²) in [6.45, 7) is 0.654. The fourth-order valence-corrected chi connectivity index (χ4v) is 4.87. The molecule has 0 heterocycles. The molecule has 1 aliphatic carbocycles. The number of nitrogens with two attached hydrogens (primary N) is 1. The van der Waals surface area contributed by atoms with Crippen LogP contribution in [-0.2, 0) is 10.8 Å². The Balaban J connectivity index is 2.22. The van der Waals surface area contributed by atoms with Crippen LogP contribution >= 0.6 is 15.9 Å². The van der Waals surface area contributed by atoms with Crippen LogP contribution in [0.5, 0.6) is 0 Å². The van der Waals surface area contributed by atoms with Gasteiger partial charge in [-0.3, -0.25) is 4.21 Å². The summed E-state index contributed by atoms with van der Waals surface area (Å²) in [5.74, 6) is 0.424. The zero-order valence-corrected chi connectivity index (χ0v) is 11.5. The molecule has 1 saturated carbocycles. The summed E-state index contributed by atoms with van der Waals surface area (Å²) < 4.78 is 13.4. The molecule has 2 nitrogen and oxygen atoms in total. The van der Waals surface area contributed by atoms with E-state index in [1.807, 2.05) is 24.3 Å². The maximum Gasteiger partial charge on any atom is 0.0575 e. The van der Waals surface area contributed by atoms with E-state index in [-0.39, 0.29) is 5.25 Å². The minimum atomic E-state index is -0.927. The van der Waals surface area contributed by atoms with Crippen LogP contribution in [0.3, 0.4) is 0 Å². The number of benzene rings is 1. The van der Waals surface area contributed by atoms with E-state index < -0.39 is 10.8 Å². The summed E-state index contributed by atoms with van der Waals surface area (Å²) in [5, 5.41) is 0.240. The average Bonchev–Trinajstić information content (AvgIpc) is 2.77. The summed E-state index contributed by atoms with van der Waals surface area (Å²) in [6, 6.07) is 7.76.